The maximum Gasteiger partial charge on any atom is 0.337 e. The maximum absolute atomic E-state index is 11.1. The number of benzene rings is 5. The molecular weight excluding hydrogens is 925 g/mol. The number of nitrogens with zero attached hydrogens (tertiary/aromatic N) is 4. The fourth-order valence-corrected chi connectivity index (χ4v) is 8.09. The van der Waals surface area contributed by atoms with Crippen LogP contribution >= 0.6 is 21.6 Å². The van der Waals surface area contributed by atoms with Crippen LogP contribution < -0.4 is 0 Å². The molecule has 0 fully saturated rings. The molecule has 364 valence electrons. The van der Waals surface area contributed by atoms with E-state index >= 15 is 0 Å². The summed E-state index contributed by atoms with van der Waals surface area (Å²) in [6.07, 6.45) is 6.07. The second-order valence-corrected chi connectivity index (χ2v) is 18.0. The molecule has 9 aromatic rings. The van der Waals surface area contributed by atoms with E-state index in [9.17, 15) is 14.4 Å². The zero-order chi connectivity index (χ0) is 50.2. The van der Waals surface area contributed by atoms with Crippen LogP contribution in [0.2, 0.25) is 0 Å². The number of aromatic nitrogens is 6. The Bertz CT molecular complexity index is 2890. The number of carboxylic acids is 3. The summed E-state index contributed by atoms with van der Waals surface area (Å²) in [4.78, 5) is 52.8. The Labute approximate surface area is 415 Å². The molecule has 5 aromatic carbocycles. The number of fused-ring (bicyclic) bond motifs is 2. The van der Waals surface area contributed by atoms with Crippen molar-refractivity contribution in [3.8, 4) is 0 Å². The van der Waals surface area contributed by atoms with Crippen LogP contribution in [-0.2, 0) is 16.9 Å². The van der Waals surface area contributed by atoms with Crippen LogP contribution in [0.4, 0.5) is 0 Å². The zero-order valence-electron chi connectivity index (χ0n) is 38.9. The number of carboxylic acid groups (broad SMARTS) is 3. The van der Waals surface area contributed by atoms with E-state index in [0.29, 0.717) is 9.79 Å². The molecule has 0 saturated carbocycles. The summed E-state index contributed by atoms with van der Waals surface area (Å²) in [5.74, 6) is -1.97. The highest BCUT2D eigenvalue weighted by atomic mass is 33.1. The van der Waals surface area contributed by atoms with Gasteiger partial charge in [-0.15, -0.1) is 0 Å². The first-order chi connectivity index (χ1) is 33.0. The molecular formula is C54H58N6O8S2. The van der Waals surface area contributed by atoms with Gasteiger partial charge >= 0.3 is 17.9 Å². The number of H-pyrrole nitrogens is 2. The van der Waals surface area contributed by atoms with Crippen LogP contribution in [-0.4, -0.2) is 68.6 Å². The van der Waals surface area contributed by atoms with Gasteiger partial charge in [0.05, 0.1) is 39.4 Å². The van der Waals surface area contributed by atoms with Gasteiger partial charge in [-0.1, -0.05) is 140 Å². The molecule has 9 rings (SSSR count). The molecule has 0 atom stereocenters. The van der Waals surface area contributed by atoms with Crippen molar-refractivity contribution < 1.29 is 39.8 Å². The van der Waals surface area contributed by atoms with Gasteiger partial charge in [0.25, 0.3) is 0 Å². The fraction of sp³-hybridized carbons (Fsp3) is 0.167. The number of imidazole rings is 1. The first-order valence-corrected chi connectivity index (χ1v) is 23.4. The number of para-hydroxylation sites is 3. The van der Waals surface area contributed by atoms with Gasteiger partial charge in [-0.25, -0.2) is 24.3 Å². The molecule has 0 saturated heterocycles. The van der Waals surface area contributed by atoms with Crippen molar-refractivity contribution in [3.63, 3.8) is 0 Å². The molecule has 0 aliphatic carbocycles. The Hall–Kier alpha value is -7.63. The number of rotatable bonds is 8. The third-order valence-electron chi connectivity index (χ3n) is 9.31. The molecule has 6 N–H and O–H groups in total. The van der Waals surface area contributed by atoms with Crippen molar-refractivity contribution >= 4 is 61.4 Å². The van der Waals surface area contributed by atoms with Crippen LogP contribution in [0.3, 0.4) is 0 Å². The molecule has 14 nitrogen and oxygen atoms in total. The van der Waals surface area contributed by atoms with Crippen molar-refractivity contribution in [2.45, 2.75) is 70.8 Å². The molecule has 16 heteroatoms. The number of pyridine rings is 2. The molecule has 0 radical (unpaired) electrons. The molecule has 0 unspecified atom stereocenters. The van der Waals surface area contributed by atoms with Crippen molar-refractivity contribution in [1.29, 1.82) is 0 Å². The topological polar surface area (TPSA) is 224 Å². The van der Waals surface area contributed by atoms with Gasteiger partial charge in [0, 0.05) is 45.0 Å². The van der Waals surface area contributed by atoms with E-state index in [0.717, 1.165) is 33.6 Å². The van der Waals surface area contributed by atoms with Crippen LogP contribution in [0.5, 0.6) is 0 Å². The SMILES string of the molecule is C.Cc1ccc(C(C)(C)C)cc1.Cc1ccc2ccccc2n1.Cc1nc2ccccc2[nH]1.O=C(O)c1ccccc1SSc1ccccc1C(=O)O.O=C(O)c1cccnc1.OOCc1cn[nH]c1. The van der Waals surface area contributed by atoms with Gasteiger partial charge in [0.2, 0.25) is 0 Å². The summed E-state index contributed by atoms with van der Waals surface area (Å²) < 4.78 is 0. The van der Waals surface area contributed by atoms with Gasteiger partial charge in [-0.2, -0.15) is 5.10 Å². The highest BCUT2D eigenvalue weighted by molar-refractivity contribution is 8.76. The van der Waals surface area contributed by atoms with Gasteiger partial charge in [0.1, 0.15) is 12.4 Å². The van der Waals surface area contributed by atoms with E-state index < -0.39 is 17.9 Å². The predicted octanol–water partition coefficient (Wildman–Crippen LogP) is 13.4. The number of aryl methyl sites for hydroxylation is 3. The quantitative estimate of drug-likeness (QED) is 0.0473. The standard InChI is InChI=1S/C14H10O4S2.C11H16.C10H9N.C8H8N2.C6H5NO2.C4H6N2O2.CH4/c15-13(16)9-5-1-3-7-11(9)19-20-12-8-4-2-6-10(12)14(17)18;1-9-5-7-10(8-6-9)11(2,3)4;1-8-6-7-9-4-2-3-5-10(9)11-8;1-6-9-7-4-2-3-5-8(7)10-6;8-6(9)5-2-1-3-7-4-5;7-8-3-4-1-5-6-2-4;/h1-8H,(H,15,16)(H,17,18);5-8H,1-4H3;2-7H,1H3;2-5H,1H3,(H,9,10);1-4H,(H,8,9);1-2,7H,3H2,(H,5,6);1H4. The Balaban J connectivity index is 0.000000229. The van der Waals surface area contributed by atoms with E-state index in [1.54, 1.807) is 54.9 Å². The second kappa shape index (κ2) is 29.3. The van der Waals surface area contributed by atoms with E-state index in [4.69, 9.17) is 20.6 Å². The lowest BCUT2D eigenvalue weighted by atomic mass is 9.87. The molecule has 4 aromatic heterocycles. The van der Waals surface area contributed by atoms with E-state index in [2.05, 4.69) is 99.1 Å². The number of aromatic carboxylic acids is 3. The molecule has 0 aliphatic rings. The van der Waals surface area contributed by atoms with Crippen molar-refractivity contribution in [2.24, 2.45) is 0 Å². The van der Waals surface area contributed by atoms with Crippen LogP contribution in [0.25, 0.3) is 21.9 Å². The lowest BCUT2D eigenvalue weighted by Crippen LogP contribution is -2.10. The second-order valence-electron chi connectivity index (χ2n) is 15.8. The summed E-state index contributed by atoms with van der Waals surface area (Å²) in [6.45, 7) is 13.0. The Kier molecular flexibility index (Phi) is 23.7. The summed E-state index contributed by atoms with van der Waals surface area (Å²) in [6, 6.07) is 45.3. The summed E-state index contributed by atoms with van der Waals surface area (Å²) in [5.41, 5.74) is 8.78. The smallest absolute Gasteiger partial charge is 0.337 e. The molecule has 0 bridgehead atoms. The molecule has 70 heavy (non-hydrogen) atoms. The molecule has 0 amide bonds. The number of hydrogen-bond acceptors (Lipinski definition) is 11. The van der Waals surface area contributed by atoms with E-state index in [1.165, 1.54) is 68.7 Å². The Morgan fingerprint density at radius 3 is 1.70 bits per heavy atom. The molecule has 4 heterocycles. The Morgan fingerprint density at radius 2 is 1.20 bits per heavy atom. The minimum absolute atomic E-state index is 0. The first-order valence-electron chi connectivity index (χ1n) is 21.2. The molecule has 0 aliphatic heterocycles. The van der Waals surface area contributed by atoms with Crippen LogP contribution in [0.1, 0.15) is 87.5 Å². The van der Waals surface area contributed by atoms with Gasteiger partial charge < -0.3 is 20.3 Å². The third-order valence-corrected chi connectivity index (χ3v) is 11.8. The summed E-state index contributed by atoms with van der Waals surface area (Å²) >= 11 is 0. The Morgan fingerprint density at radius 1 is 0.629 bits per heavy atom. The number of nitrogens with one attached hydrogen (secondary N) is 2. The fourth-order valence-electron chi connectivity index (χ4n) is 5.74. The summed E-state index contributed by atoms with van der Waals surface area (Å²) in [7, 11) is 2.47. The van der Waals surface area contributed by atoms with Crippen molar-refractivity contribution in [3.05, 3.63) is 215 Å². The monoisotopic (exact) mass is 982 g/mol. The number of aromatic amines is 2. The zero-order valence-corrected chi connectivity index (χ0v) is 40.5. The molecule has 0 spiro atoms. The average Bonchev–Trinajstić information content (AvgIpc) is 4.01. The lowest BCUT2D eigenvalue weighted by molar-refractivity contribution is -0.253. The largest absolute Gasteiger partial charge is 0.478 e. The highest BCUT2D eigenvalue weighted by Gasteiger charge is 2.14. The highest BCUT2D eigenvalue weighted by Crippen LogP contribution is 2.40. The van der Waals surface area contributed by atoms with Gasteiger partial charge in [0.15, 0.2) is 0 Å². The summed E-state index contributed by atoms with van der Waals surface area (Å²) in [5, 5.41) is 41.8. The first kappa shape index (κ1) is 56.7. The lowest BCUT2D eigenvalue weighted by Gasteiger charge is -2.18. The third kappa shape index (κ3) is 19.5. The van der Waals surface area contributed by atoms with Crippen molar-refractivity contribution in [1.82, 2.24) is 30.1 Å². The minimum atomic E-state index is -1.000. The predicted molar refractivity (Wildman–Crippen MR) is 280 cm³/mol. The van der Waals surface area contributed by atoms with E-state index in [1.807, 2.05) is 62.4 Å². The number of hydrogen-bond donors (Lipinski definition) is 6. The van der Waals surface area contributed by atoms with Crippen molar-refractivity contribution in [2.75, 3.05) is 0 Å². The normalized spacial score (nSPS) is 10.1. The minimum Gasteiger partial charge on any atom is -0.478 e. The average molecular weight is 983 g/mol. The number of carbonyl (C=O) groups is 3. The maximum atomic E-state index is 11.1. The van der Waals surface area contributed by atoms with Crippen LogP contribution in [0, 0.1) is 20.8 Å². The van der Waals surface area contributed by atoms with E-state index in [-0.39, 0.29) is 36.1 Å². The van der Waals surface area contributed by atoms with Gasteiger partial charge in [-0.3, -0.25) is 20.3 Å². The van der Waals surface area contributed by atoms with Gasteiger partial charge in [-0.05, 0) is 92.4 Å². The van der Waals surface area contributed by atoms with Crippen LogP contribution in [0.15, 0.2) is 180 Å².